The number of hydrogen-bond donors (Lipinski definition) is 1. The van der Waals surface area contributed by atoms with Crippen LogP contribution in [0.15, 0.2) is 24.3 Å². The zero-order chi connectivity index (χ0) is 14.5. The van der Waals surface area contributed by atoms with Crippen LogP contribution in [0, 0.1) is 5.92 Å². The van der Waals surface area contributed by atoms with Gasteiger partial charge in [0, 0.05) is 19.1 Å². The number of rotatable bonds is 4. The van der Waals surface area contributed by atoms with Crippen LogP contribution in [0.25, 0.3) is 0 Å². The van der Waals surface area contributed by atoms with Crippen LogP contribution in [0.3, 0.4) is 0 Å². The zero-order valence-electron chi connectivity index (χ0n) is 13.5. The average Bonchev–Trinajstić information content (AvgIpc) is 2.57. The third-order valence-electron chi connectivity index (χ3n) is 5.38. The Kier molecular flexibility index (Phi) is 5.05. The molecule has 1 aliphatic heterocycles. The van der Waals surface area contributed by atoms with Gasteiger partial charge in [-0.15, -0.1) is 0 Å². The second-order valence-corrected chi connectivity index (χ2v) is 6.77. The Morgan fingerprint density at radius 3 is 2.57 bits per heavy atom. The first kappa shape index (κ1) is 14.7. The minimum Gasteiger partial charge on any atom is -0.380 e. The molecule has 2 heteroatoms. The molecule has 1 heterocycles. The number of benzene rings is 1. The van der Waals surface area contributed by atoms with Crippen LogP contribution in [0.2, 0.25) is 0 Å². The molecule has 0 spiro atoms. The van der Waals surface area contributed by atoms with Gasteiger partial charge in [-0.3, -0.25) is 0 Å². The lowest BCUT2D eigenvalue weighted by atomic mass is 9.82. The highest BCUT2D eigenvalue weighted by Gasteiger charge is 2.24. The van der Waals surface area contributed by atoms with Crippen molar-refractivity contribution in [1.29, 1.82) is 0 Å². The van der Waals surface area contributed by atoms with Crippen molar-refractivity contribution in [3.05, 3.63) is 24.3 Å². The summed E-state index contributed by atoms with van der Waals surface area (Å²) in [7, 11) is 0. The molecule has 0 radical (unpaired) electrons. The monoisotopic (exact) mass is 286 g/mol. The van der Waals surface area contributed by atoms with Gasteiger partial charge in [-0.25, -0.2) is 0 Å². The van der Waals surface area contributed by atoms with E-state index in [1.807, 2.05) is 0 Å². The van der Waals surface area contributed by atoms with Gasteiger partial charge in [-0.05, 0) is 50.2 Å². The van der Waals surface area contributed by atoms with E-state index < -0.39 is 0 Å². The predicted molar refractivity (Wildman–Crippen MR) is 92.2 cm³/mol. The maximum Gasteiger partial charge on any atom is 0.0602 e. The lowest BCUT2D eigenvalue weighted by Gasteiger charge is -2.35. The van der Waals surface area contributed by atoms with Crippen LogP contribution in [0.1, 0.15) is 58.3 Å². The molecule has 2 nitrogen and oxygen atoms in total. The lowest BCUT2D eigenvalue weighted by molar-refractivity contribution is 0.317. The molecule has 21 heavy (non-hydrogen) atoms. The molecule has 0 bridgehead atoms. The van der Waals surface area contributed by atoms with Gasteiger partial charge in [0.1, 0.15) is 0 Å². The summed E-state index contributed by atoms with van der Waals surface area (Å²) in [5.74, 6) is 0.855. The van der Waals surface area contributed by atoms with E-state index in [0.717, 1.165) is 5.92 Å². The molecule has 1 aliphatic carbocycles. The fourth-order valence-electron chi connectivity index (χ4n) is 4.09. The minimum absolute atomic E-state index is 0.676. The van der Waals surface area contributed by atoms with Gasteiger partial charge in [0.25, 0.3) is 0 Å². The van der Waals surface area contributed by atoms with E-state index in [4.69, 9.17) is 0 Å². The van der Waals surface area contributed by atoms with Crippen LogP contribution in [-0.4, -0.2) is 19.1 Å². The first-order valence-electron chi connectivity index (χ1n) is 8.99. The lowest BCUT2D eigenvalue weighted by Crippen LogP contribution is -2.34. The van der Waals surface area contributed by atoms with Crippen LogP contribution >= 0.6 is 0 Å². The molecule has 0 aromatic heterocycles. The quantitative estimate of drug-likeness (QED) is 0.832. The van der Waals surface area contributed by atoms with Crippen molar-refractivity contribution in [1.82, 2.24) is 0 Å². The highest BCUT2D eigenvalue weighted by Crippen LogP contribution is 2.33. The van der Waals surface area contributed by atoms with Gasteiger partial charge in [-0.2, -0.15) is 0 Å². The molecule has 2 atom stereocenters. The molecule has 0 amide bonds. The molecule has 1 N–H and O–H groups in total. The molecular formula is C19H30N2. The molecule has 1 aromatic rings. The Bertz CT molecular complexity index is 437. The fraction of sp³-hybridized carbons (Fsp3) is 0.684. The van der Waals surface area contributed by atoms with E-state index in [1.165, 1.54) is 75.8 Å². The smallest absolute Gasteiger partial charge is 0.0602 e. The molecule has 3 rings (SSSR count). The largest absolute Gasteiger partial charge is 0.380 e. The SMILES string of the molecule is CCC1CCCCC1Nc1ccccc1N1CCCCC1. The van der Waals surface area contributed by atoms with Gasteiger partial charge in [0.15, 0.2) is 0 Å². The summed E-state index contributed by atoms with van der Waals surface area (Å²) in [5.41, 5.74) is 2.79. The first-order chi connectivity index (χ1) is 10.4. The number of anilines is 2. The Morgan fingerprint density at radius 2 is 1.76 bits per heavy atom. The van der Waals surface area contributed by atoms with Crippen molar-refractivity contribution in [2.24, 2.45) is 5.92 Å². The highest BCUT2D eigenvalue weighted by atomic mass is 15.2. The van der Waals surface area contributed by atoms with Gasteiger partial charge >= 0.3 is 0 Å². The van der Waals surface area contributed by atoms with Gasteiger partial charge in [-0.1, -0.05) is 38.3 Å². The summed E-state index contributed by atoms with van der Waals surface area (Å²) in [5, 5.41) is 3.91. The van der Waals surface area contributed by atoms with Gasteiger partial charge in [0.05, 0.1) is 11.4 Å². The molecular weight excluding hydrogens is 256 g/mol. The second kappa shape index (κ2) is 7.20. The van der Waals surface area contributed by atoms with Crippen LogP contribution in [0.4, 0.5) is 11.4 Å². The first-order valence-corrected chi connectivity index (χ1v) is 8.99. The van der Waals surface area contributed by atoms with E-state index in [-0.39, 0.29) is 0 Å². The number of para-hydroxylation sites is 2. The Hall–Kier alpha value is -1.18. The average molecular weight is 286 g/mol. The molecule has 116 valence electrons. The van der Waals surface area contributed by atoms with Crippen LogP contribution in [0.5, 0.6) is 0 Å². The number of nitrogens with zero attached hydrogens (tertiary/aromatic N) is 1. The second-order valence-electron chi connectivity index (χ2n) is 6.77. The van der Waals surface area contributed by atoms with E-state index in [0.29, 0.717) is 6.04 Å². The summed E-state index contributed by atoms with van der Waals surface area (Å²) < 4.78 is 0. The zero-order valence-corrected chi connectivity index (χ0v) is 13.5. The Balaban J connectivity index is 1.75. The Morgan fingerprint density at radius 1 is 1.00 bits per heavy atom. The molecule has 2 aliphatic rings. The molecule has 2 fully saturated rings. The summed E-state index contributed by atoms with van der Waals surface area (Å²) in [6.45, 7) is 4.79. The van der Waals surface area contributed by atoms with Crippen molar-refractivity contribution >= 4 is 11.4 Å². The maximum absolute atomic E-state index is 3.91. The van der Waals surface area contributed by atoms with Crippen molar-refractivity contribution in [2.45, 2.75) is 64.3 Å². The Labute approximate surface area is 129 Å². The maximum atomic E-state index is 3.91. The normalized spacial score (nSPS) is 26.6. The van der Waals surface area contributed by atoms with Crippen molar-refractivity contribution in [3.63, 3.8) is 0 Å². The highest BCUT2D eigenvalue weighted by molar-refractivity contribution is 5.70. The van der Waals surface area contributed by atoms with Crippen LogP contribution < -0.4 is 10.2 Å². The minimum atomic E-state index is 0.676. The van der Waals surface area contributed by atoms with E-state index in [2.05, 4.69) is 41.4 Å². The summed E-state index contributed by atoms with van der Waals surface area (Å²) >= 11 is 0. The summed E-state index contributed by atoms with van der Waals surface area (Å²) in [6.07, 6.45) is 10.9. The fourth-order valence-corrected chi connectivity index (χ4v) is 4.09. The van der Waals surface area contributed by atoms with E-state index in [9.17, 15) is 0 Å². The molecule has 1 aromatic carbocycles. The third-order valence-corrected chi connectivity index (χ3v) is 5.38. The van der Waals surface area contributed by atoms with Gasteiger partial charge < -0.3 is 10.2 Å². The topological polar surface area (TPSA) is 15.3 Å². The van der Waals surface area contributed by atoms with E-state index >= 15 is 0 Å². The predicted octanol–water partition coefficient (Wildman–Crippen LogP) is 5.06. The van der Waals surface area contributed by atoms with Gasteiger partial charge in [0.2, 0.25) is 0 Å². The molecule has 1 saturated heterocycles. The molecule has 2 unspecified atom stereocenters. The summed E-state index contributed by atoms with van der Waals surface area (Å²) in [6, 6.07) is 9.63. The van der Waals surface area contributed by atoms with Crippen molar-refractivity contribution in [2.75, 3.05) is 23.3 Å². The third kappa shape index (κ3) is 3.53. The summed E-state index contributed by atoms with van der Waals surface area (Å²) in [4.78, 5) is 2.58. The van der Waals surface area contributed by atoms with Crippen molar-refractivity contribution in [3.8, 4) is 0 Å². The number of hydrogen-bond acceptors (Lipinski definition) is 2. The number of nitrogens with one attached hydrogen (secondary N) is 1. The standard InChI is InChI=1S/C19H30N2/c1-2-16-10-4-5-11-17(16)20-18-12-6-7-13-19(18)21-14-8-3-9-15-21/h6-7,12-13,16-17,20H,2-5,8-11,14-15H2,1H3. The number of piperidine rings is 1. The van der Waals surface area contributed by atoms with Crippen LogP contribution in [-0.2, 0) is 0 Å². The van der Waals surface area contributed by atoms with Crippen molar-refractivity contribution < 1.29 is 0 Å². The van der Waals surface area contributed by atoms with E-state index in [1.54, 1.807) is 0 Å². The molecule has 1 saturated carbocycles.